The van der Waals surface area contributed by atoms with Crippen LogP contribution in [0.25, 0.3) is 0 Å². The van der Waals surface area contributed by atoms with Gasteiger partial charge in [0.15, 0.2) is 5.82 Å². The summed E-state index contributed by atoms with van der Waals surface area (Å²) in [6.45, 7) is 1.92. The lowest BCUT2D eigenvalue weighted by Crippen LogP contribution is -2.13. The molecule has 0 unspecified atom stereocenters. The molecule has 0 bridgehead atoms. The summed E-state index contributed by atoms with van der Waals surface area (Å²) >= 11 is 18.2. The predicted octanol–water partition coefficient (Wildman–Crippen LogP) is 5.36. The van der Waals surface area contributed by atoms with E-state index in [-0.39, 0.29) is 22.1 Å². The number of halogens is 3. The number of benzene rings is 2. The number of aryl methyl sites for hydroxylation is 1. The second kappa shape index (κ2) is 8.18. The monoisotopic (exact) mass is 438 g/mol. The lowest BCUT2D eigenvalue weighted by Gasteiger charge is -2.06. The van der Waals surface area contributed by atoms with E-state index in [1.54, 1.807) is 31.3 Å². The van der Waals surface area contributed by atoms with Crippen molar-refractivity contribution in [3.05, 3.63) is 84.5 Å². The Kier molecular flexibility index (Phi) is 5.88. The van der Waals surface area contributed by atoms with Gasteiger partial charge < -0.3 is 5.32 Å². The highest BCUT2D eigenvalue weighted by molar-refractivity contribution is 6.35. The Balaban J connectivity index is 1.79. The number of aromatic nitrogens is 2. The maximum absolute atomic E-state index is 12.4. The number of nitrogens with one attached hydrogen (secondary N) is 1. The molecule has 10 heteroatoms. The normalized spacial score (nSPS) is 10.7. The first-order valence-corrected chi connectivity index (χ1v) is 9.11. The zero-order valence-electron chi connectivity index (χ0n) is 14.4. The van der Waals surface area contributed by atoms with E-state index in [1.807, 2.05) is 0 Å². The van der Waals surface area contributed by atoms with E-state index in [4.69, 9.17) is 34.8 Å². The molecule has 3 rings (SSSR count). The van der Waals surface area contributed by atoms with Crippen LogP contribution in [-0.4, -0.2) is 20.6 Å². The third-order valence-corrected chi connectivity index (χ3v) is 4.83. The first kappa shape index (κ1) is 20.1. The number of carbonyl (C=O) groups is 1. The van der Waals surface area contributed by atoms with Gasteiger partial charge in [-0.3, -0.25) is 19.6 Å². The van der Waals surface area contributed by atoms with Crippen molar-refractivity contribution in [1.29, 1.82) is 0 Å². The smallest absolute Gasteiger partial charge is 0.273 e. The van der Waals surface area contributed by atoms with Gasteiger partial charge in [-0.2, -0.15) is 5.10 Å². The van der Waals surface area contributed by atoms with E-state index in [0.717, 1.165) is 5.56 Å². The SMILES string of the molecule is Cc1ccc(C(=O)Nc2nn(Cc3ccc(Cl)cc3Cl)cc2Cl)cc1[N+](=O)[O-]. The Morgan fingerprint density at radius 2 is 1.93 bits per heavy atom. The number of hydrogen-bond donors (Lipinski definition) is 1. The maximum Gasteiger partial charge on any atom is 0.273 e. The molecule has 1 amide bonds. The highest BCUT2D eigenvalue weighted by atomic mass is 35.5. The van der Waals surface area contributed by atoms with Crippen LogP contribution in [0.1, 0.15) is 21.5 Å². The zero-order chi connectivity index (χ0) is 20.4. The van der Waals surface area contributed by atoms with Gasteiger partial charge in [0.25, 0.3) is 11.6 Å². The molecular weight excluding hydrogens is 427 g/mol. The van der Waals surface area contributed by atoms with Gasteiger partial charge in [-0.15, -0.1) is 0 Å². The van der Waals surface area contributed by atoms with E-state index in [9.17, 15) is 14.9 Å². The molecule has 0 aliphatic carbocycles. The molecule has 7 nitrogen and oxygen atoms in total. The van der Waals surface area contributed by atoms with Crippen molar-refractivity contribution in [2.75, 3.05) is 5.32 Å². The molecule has 1 aromatic heterocycles. The predicted molar refractivity (Wildman–Crippen MR) is 109 cm³/mol. The highest BCUT2D eigenvalue weighted by Crippen LogP contribution is 2.25. The van der Waals surface area contributed by atoms with Crippen molar-refractivity contribution in [3.63, 3.8) is 0 Å². The summed E-state index contributed by atoms with van der Waals surface area (Å²) < 4.78 is 1.52. The molecule has 0 saturated heterocycles. The Morgan fingerprint density at radius 1 is 1.18 bits per heavy atom. The van der Waals surface area contributed by atoms with Crippen LogP contribution in [0.3, 0.4) is 0 Å². The third-order valence-electron chi connectivity index (χ3n) is 3.96. The molecule has 0 radical (unpaired) electrons. The maximum atomic E-state index is 12.4. The fourth-order valence-electron chi connectivity index (χ4n) is 2.51. The molecule has 0 aliphatic heterocycles. The number of rotatable bonds is 5. The molecule has 0 saturated carbocycles. The number of nitro groups is 1. The average molecular weight is 440 g/mol. The van der Waals surface area contributed by atoms with E-state index >= 15 is 0 Å². The largest absolute Gasteiger partial charge is 0.304 e. The second-order valence-corrected chi connectivity index (χ2v) is 7.22. The summed E-state index contributed by atoms with van der Waals surface area (Å²) in [5, 5.41) is 19.1. The van der Waals surface area contributed by atoms with Crippen LogP contribution >= 0.6 is 34.8 Å². The topological polar surface area (TPSA) is 90.1 Å². The van der Waals surface area contributed by atoms with E-state index in [1.165, 1.54) is 22.9 Å². The fourth-order valence-corrected chi connectivity index (χ4v) is 3.18. The molecule has 0 fully saturated rings. The van der Waals surface area contributed by atoms with Crippen molar-refractivity contribution < 1.29 is 9.72 Å². The zero-order valence-corrected chi connectivity index (χ0v) is 16.7. The summed E-state index contributed by atoms with van der Waals surface area (Å²) in [5.41, 5.74) is 1.23. The summed E-state index contributed by atoms with van der Waals surface area (Å²) in [5.74, 6) is -0.417. The molecule has 0 aliphatic rings. The lowest BCUT2D eigenvalue weighted by molar-refractivity contribution is -0.385. The van der Waals surface area contributed by atoms with Gasteiger partial charge in [-0.25, -0.2) is 0 Å². The van der Waals surface area contributed by atoms with Gasteiger partial charge in [0, 0.05) is 33.4 Å². The quantitative estimate of drug-likeness (QED) is 0.428. The minimum atomic E-state index is -0.556. The Morgan fingerprint density at radius 3 is 2.61 bits per heavy atom. The first-order valence-electron chi connectivity index (χ1n) is 7.98. The number of hydrogen-bond acceptors (Lipinski definition) is 4. The minimum absolute atomic E-state index is 0.128. The number of amides is 1. The van der Waals surface area contributed by atoms with Crippen molar-refractivity contribution in [1.82, 2.24) is 9.78 Å². The molecule has 0 spiro atoms. The number of nitro benzene ring substituents is 1. The van der Waals surface area contributed by atoms with Crippen LogP contribution in [0.2, 0.25) is 15.1 Å². The number of anilines is 1. The van der Waals surface area contributed by atoms with Crippen LogP contribution < -0.4 is 5.32 Å². The van der Waals surface area contributed by atoms with Gasteiger partial charge in [-0.1, -0.05) is 46.9 Å². The summed E-state index contributed by atoms with van der Waals surface area (Å²) in [6, 6.07) is 9.32. The third kappa shape index (κ3) is 4.44. The van der Waals surface area contributed by atoms with Crippen molar-refractivity contribution in [2.45, 2.75) is 13.5 Å². The fraction of sp³-hybridized carbons (Fsp3) is 0.111. The molecular formula is C18H13Cl3N4O3. The van der Waals surface area contributed by atoms with Crippen LogP contribution in [0.5, 0.6) is 0 Å². The summed E-state index contributed by atoms with van der Waals surface area (Å²) in [7, 11) is 0. The van der Waals surface area contributed by atoms with Crippen LogP contribution in [0, 0.1) is 17.0 Å². The van der Waals surface area contributed by atoms with E-state index < -0.39 is 10.8 Å². The summed E-state index contributed by atoms with van der Waals surface area (Å²) in [6.07, 6.45) is 1.54. The first-order chi connectivity index (χ1) is 13.2. The second-order valence-electron chi connectivity index (χ2n) is 5.97. The van der Waals surface area contributed by atoms with Crippen LogP contribution in [-0.2, 0) is 6.54 Å². The van der Waals surface area contributed by atoms with Crippen molar-refractivity contribution >= 4 is 52.2 Å². The molecule has 0 atom stereocenters. The van der Waals surface area contributed by atoms with Gasteiger partial charge in [0.1, 0.15) is 5.02 Å². The molecule has 144 valence electrons. The Hall–Kier alpha value is -2.61. The number of carbonyl (C=O) groups excluding carboxylic acids is 1. The molecule has 1 heterocycles. The Bertz CT molecular complexity index is 1080. The summed E-state index contributed by atoms with van der Waals surface area (Å²) in [4.78, 5) is 22.9. The standard InChI is InChI=1S/C18H13Cl3N4O3/c1-10-2-3-11(6-16(10)25(27)28)18(26)22-17-15(21)9-24(23-17)8-12-4-5-13(19)7-14(12)20/h2-7,9H,8H2,1H3,(H,22,23,26). The highest BCUT2D eigenvalue weighted by Gasteiger charge is 2.17. The van der Waals surface area contributed by atoms with Gasteiger partial charge in [0.05, 0.1) is 11.5 Å². The molecule has 1 N–H and O–H groups in total. The van der Waals surface area contributed by atoms with E-state index in [2.05, 4.69) is 10.4 Å². The number of nitrogens with zero attached hydrogens (tertiary/aromatic N) is 3. The average Bonchev–Trinajstić information content (AvgIpc) is 2.96. The van der Waals surface area contributed by atoms with Crippen molar-refractivity contribution in [3.8, 4) is 0 Å². The van der Waals surface area contributed by atoms with Crippen molar-refractivity contribution in [2.24, 2.45) is 0 Å². The van der Waals surface area contributed by atoms with E-state index in [0.29, 0.717) is 22.2 Å². The van der Waals surface area contributed by atoms with Gasteiger partial charge >= 0.3 is 0 Å². The Labute approximate surface area is 175 Å². The van der Waals surface area contributed by atoms with Gasteiger partial charge in [-0.05, 0) is 30.7 Å². The van der Waals surface area contributed by atoms with Crippen LogP contribution in [0.4, 0.5) is 11.5 Å². The molecule has 28 heavy (non-hydrogen) atoms. The minimum Gasteiger partial charge on any atom is -0.304 e. The molecule has 2 aromatic carbocycles. The van der Waals surface area contributed by atoms with Gasteiger partial charge in [0.2, 0.25) is 0 Å². The molecule has 3 aromatic rings. The van der Waals surface area contributed by atoms with Crippen LogP contribution in [0.15, 0.2) is 42.6 Å². The lowest BCUT2D eigenvalue weighted by atomic mass is 10.1.